The lowest BCUT2D eigenvalue weighted by atomic mass is 10.2. The summed E-state index contributed by atoms with van der Waals surface area (Å²) in [7, 11) is 0. The molecule has 0 amide bonds. The zero-order valence-corrected chi connectivity index (χ0v) is 9.50. The van der Waals surface area contributed by atoms with Gasteiger partial charge in [-0.15, -0.1) is 0 Å². The predicted molar refractivity (Wildman–Crippen MR) is 64.5 cm³/mol. The van der Waals surface area contributed by atoms with E-state index in [1.54, 1.807) is 18.2 Å². The third-order valence-electron chi connectivity index (χ3n) is 1.88. The van der Waals surface area contributed by atoms with Crippen molar-refractivity contribution in [2.75, 3.05) is 11.9 Å². The molecule has 0 fully saturated rings. The van der Waals surface area contributed by atoms with Crippen molar-refractivity contribution in [1.29, 1.82) is 0 Å². The normalized spacial score (nSPS) is 11.7. The van der Waals surface area contributed by atoms with E-state index in [0.29, 0.717) is 24.1 Å². The molecule has 0 aliphatic heterocycles. The summed E-state index contributed by atoms with van der Waals surface area (Å²) < 4.78 is 13.3. The van der Waals surface area contributed by atoms with Crippen LogP contribution in [-0.4, -0.2) is 12.5 Å². The number of halogens is 1. The van der Waals surface area contributed by atoms with Gasteiger partial charge in [0.05, 0.1) is 5.69 Å². The Bertz CT molecular complexity index is 363. The highest BCUT2D eigenvalue weighted by molar-refractivity contribution is 5.93. The molecule has 0 unspecified atom stereocenters. The van der Waals surface area contributed by atoms with Crippen molar-refractivity contribution in [2.45, 2.75) is 13.8 Å². The predicted octanol–water partition coefficient (Wildman–Crippen LogP) is 1.71. The Morgan fingerprint density at radius 3 is 2.69 bits per heavy atom. The lowest BCUT2D eigenvalue weighted by molar-refractivity contribution is 0.631. The Hall–Kier alpha value is -1.62. The fraction of sp³-hybridized carbons (Fsp3) is 0.364. The molecule has 4 N–H and O–H groups in total. The van der Waals surface area contributed by atoms with Gasteiger partial charge in [0.15, 0.2) is 0 Å². The van der Waals surface area contributed by atoms with Gasteiger partial charge in [0.25, 0.3) is 0 Å². The van der Waals surface area contributed by atoms with Crippen LogP contribution in [0.3, 0.4) is 0 Å². The van der Waals surface area contributed by atoms with Crippen LogP contribution in [0.25, 0.3) is 0 Å². The molecule has 0 aliphatic carbocycles. The van der Waals surface area contributed by atoms with Gasteiger partial charge in [-0.25, -0.2) is 10.2 Å². The fourth-order valence-electron chi connectivity index (χ4n) is 1.09. The number of nitrogens with one attached hydrogen (secondary N) is 2. The SMILES string of the molecule is CC(C)CN=C(NN)Nc1ccccc1F. The van der Waals surface area contributed by atoms with Crippen LogP contribution in [0.15, 0.2) is 29.3 Å². The monoisotopic (exact) mass is 224 g/mol. The average molecular weight is 224 g/mol. The maximum absolute atomic E-state index is 13.3. The first kappa shape index (κ1) is 12.4. The summed E-state index contributed by atoms with van der Waals surface area (Å²) in [6, 6.07) is 6.36. The van der Waals surface area contributed by atoms with Gasteiger partial charge < -0.3 is 5.32 Å². The molecular weight excluding hydrogens is 207 g/mol. The minimum atomic E-state index is -0.338. The van der Waals surface area contributed by atoms with Crippen molar-refractivity contribution in [3.8, 4) is 0 Å². The molecule has 0 saturated carbocycles. The highest BCUT2D eigenvalue weighted by Gasteiger charge is 2.03. The van der Waals surface area contributed by atoms with Crippen molar-refractivity contribution < 1.29 is 4.39 Å². The number of para-hydroxylation sites is 1. The Kier molecular flexibility index (Phi) is 4.72. The molecule has 1 aromatic rings. The summed E-state index contributed by atoms with van der Waals surface area (Å²) in [5.74, 6) is 5.74. The summed E-state index contributed by atoms with van der Waals surface area (Å²) in [6.45, 7) is 4.71. The summed E-state index contributed by atoms with van der Waals surface area (Å²) in [4.78, 5) is 4.18. The van der Waals surface area contributed by atoms with E-state index < -0.39 is 0 Å². The van der Waals surface area contributed by atoms with Crippen molar-refractivity contribution in [3.63, 3.8) is 0 Å². The van der Waals surface area contributed by atoms with Crippen LogP contribution < -0.4 is 16.6 Å². The number of anilines is 1. The largest absolute Gasteiger partial charge is 0.323 e. The average Bonchev–Trinajstić information content (AvgIpc) is 2.26. The Morgan fingerprint density at radius 1 is 1.44 bits per heavy atom. The summed E-state index contributed by atoms with van der Waals surface area (Å²) >= 11 is 0. The number of hydrazine groups is 1. The van der Waals surface area contributed by atoms with E-state index in [1.807, 2.05) is 13.8 Å². The molecule has 0 saturated heterocycles. The molecule has 88 valence electrons. The molecule has 0 spiro atoms. The number of benzene rings is 1. The topological polar surface area (TPSA) is 62.4 Å². The molecule has 0 heterocycles. The molecule has 0 atom stereocenters. The first-order valence-corrected chi connectivity index (χ1v) is 5.16. The van der Waals surface area contributed by atoms with E-state index in [4.69, 9.17) is 5.84 Å². The number of aliphatic imine (C=N–C) groups is 1. The smallest absolute Gasteiger partial charge is 0.210 e. The number of hydrogen-bond donors (Lipinski definition) is 3. The van der Waals surface area contributed by atoms with E-state index in [9.17, 15) is 4.39 Å². The Labute approximate surface area is 94.7 Å². The number of guanidine groups is 1. The molecule has 5 heteroatoms. The lowest BCUT2D eigenvalue weighted by Crippen LogP contribution is -2.36. The maximum Gasteiger partial charge on any atom is 0.210 e. The third kappa shape index (κ3) is 3.86. The van der Waals surface area contributed by atoms with Gasteiger partial charge in [-0.3, -0.25) is 10.4 Å². The molecule has 1 rings (SSSR count). The fourth-order valence-corrected chi connectivity index (χ4v) is 1.09. The second-order valence-corrected chi connectivity index (χ2v) is 3.83. The van der Waals surface area contributed by atoms with Gasteiger partial charge in [-0.2, -0.15) is 0 Å². The van der Waals surface area contributed by atoms with Crippen LogP contribution in [0.4, 0.5) is 10.1 Å². The van der Waals surface area contributed by atoms with Crippen molar-refractivity contribution in [1.82, 2.24) is 5.43 Å². The summed E-state index contributed by atoms with van der Waals surface area (Å²) in [5, 5.41) is 2.79. The van der Waals surface area contributed by atoms with Crippen LogP contribution in [0, 0.1) is 11.7 Å². The third-order valence-corrected chi connectivity index (χ3v) is 1.88. The number of nitrogens with two attached hydrogens (primary N) is 1. The van der Waals surface area contributed by atoms with Crippen LogP contribution in [0.5, 0.6) is 0 Å². The summed E-state index contributed by atoms with van der Waals surface area (Å²) in [5.41, 5.74) is 2.76. The number of nitrogens with zero attached hydrogens (tertiary/aromatic N) is 1. The molecule has 0 radical (unpaired) electrons. The molecule has 0 aromatic heterocycles. The number of rotatable bonds is 3. The molecule has 4 nitrogen and oxygen atoms in total. The zero-order valence-electron chi connectivity index (χ0n) is 9.50. The van der Waals surface area contributed by atoms with Gasteiger partial charge in [-0.1, -0.05) is 26.0 Å². The maximum atomic E-state index is 13.3. The Balaban J connectivity index is 2.70. The van der Waals surface area contributed by atoms with Crippen molar-refractivity contribution >= 4 is 11.6 Å². The molecule has 0 bridgehead atoms. The highest BCUT2D eigenvalue weighted by atomic mass is 19.1. The first-order valence-electron chi connectivity index (χ1n) is 5.16. The number of hydrogen-bond acceptors (Lipinski definition) is 2. The van der Waals surface area contributed by atoms with Crippen molar-refractivity contribution in [3.05, 3.63) is 30.1 Å². The highest BCUT2D eigenvalue weighted by Crippen LogP contribution is 2.11. The van der Waals surface area contributed by atoms with Gasteiger partial charge in [0.2, 0.25) is 5.96 Å². The second kappa shape index (κ2) is 6.07. The van der Waals surface area contributed by atoms with E-state index in [2.05, 4.69) is 15.7 Å². The van der Waals surface area contributed by atoms with Crippen LogP contribution in [0.2, 0.25) is 0 Å². The molecular formula is C11H17FN4. The van der Waals surface area contributed by atoms with E-state index in [1.165, 1.54) is 6.07 Å². The minimum Gasteiger partial charge on any atom is -0.323 e. The van der Waals surface area contributed by atoms with E-state index >= 15 is 0 Å². The van der Waals surface area contributed by atoms with Gasteiger partial charge in [0, 0.05) is 6.54 Å². The van der Waals surface area contributed by atoms with E-state index in [-0.39, 0.29) is 5.82 Å². The summed E-state index contributed by atoms with van der Waals surface area (Å²) in [6.07, 6.45) is 0. The Morgan fingerprint density at radius 2 is 2.12 bits per heavy atom. The molecule has 1 aromatic carbocycles. The van der Waals surface area contributed by atoms with Crippen LogP contribution in [-0.2, 0) is 0 Å². The molecule has 0 aliphatic rings. The van der Waals surface area contributed by atoms with E-state index in [0.717, 1.165) is 0 Å². The standard InChI is InChI=1S/C11H17FN4/c1-8(2)7-14-11(16-13)15-10-6-4-3-5-9(10)12/h3-6,8H,7,13H2,1-2H3,(H2,14,15,16). The van der Waals surface area contributed by atoms with Crippen LogP contribution >= 0.6 is 0 Å². The van der Waals surface area contributed by atoms with Gasteiger partial charge in [0.1, 0.15) is 5.82 Å². The first-order chi connectivity index (χ1) is 7.63. The zero-order chi connectivity index (χ0) is 12.0. The second-order valence-electron chi connectivity index (χ2n) is 3.83. The minimum absolute atomic E-state index is 0.338. The van der Waals surface area contributed by atoms with Gasteiger partial charge >= 0.3 is 0 Å². The van der Waals surface area contributed by atoms with Crippen LogP contribution in [0.1, 0.15) is 13.8 Å². The quantitative estimate of drug-likeness (QED) is 0.317. The lowest BCUT2D eigenvalue weighted by Gasteiger charge is -2.10. The van der Waals surface area contributed by atoms with Crippen molar-refractivity contribution in [2.24, 2.45) is 16.8 Å². The van der Waals surface area contributed by atoms with Gasteiger partial charge in [-0.05, 0) is 18.1 Å². The molecule has 16 heavy (non-hydrogen) atoms.